The molecule has 0 bridgehead atoms. The van der Waals surface area contributed by atoms with Gasteiger partial charge in [-0.25, -0.2) is 0 Å². The van der Waals surface area contributed by atoms with Gasteiger partial charge in [-0.15, -0.1) is 0 Å². The Morgan fingerprint density at radius 2 is 2.11 bits per heavy atom. The highest BCUT2D eigenvalue weighted by atomic mass is 79.9. The maximum absolute atomic E-state index is 9.63. The van der Waals surface area contributed by atoms with Crippen molar-refractivity contribution >= 4 is 27.5 Å². The molecule has 0 fully saturated rings. The lowest BCUT2D eigenvalue weighted by Crippen LogP contribution is -2.45. The highest BCUT2D eigenvalue weighted by Gasteiger charge is 2.34. The summed E-state index contributed by atoms with van der Waals surface area (Å²) in [6.07, 6.45) is 0.988. The molecule has 1 rings (SSSR count). The number of benzene rings is 1. The maximum atomic E-state index is 9.63. The topological polar surface area (TPSA) is 46.2 Å². The largest absolute Gasteiger partial charge is 0.396 e. The van der Waals surface area contributed by atoms with Crippen LogP contribution < -0.4 is 5.73 Å². The Morgan fingerprint density at radius 1 is 1.50 bits per heavy atom. The Morgan fingerprint density at radius 3 is 2.56 bits per heavy atom. The summed E-state index contributed by atoms with van der Waals surface area (Å²) in [4.78, 5) is 0. The lowest BCUT2D eigenvalue weighted by molar-refractivity contribution is 0.111. The Bertz CT molecular complexity index is 409. The molecular formula is C14H21BrClNO. The predicted molar refractivity (Wildman–Crippen MR) is 80.7 cm³/mol. The fourth-order valence-corrected chi connectivity index (χ4v) is 2.72. The van der Waals surface area contributed by atoms with Crippen LogP contribution in [0, 0.1) is 11.8 Å². The van der Waals surface area contributed by atoms with E-state index in [0.717, 1.165) is 16.5 Å². The summed E-state index contributed by atoms with van der Waals surface area (Å²) in [6.45, 7) is 6.26. The van der Waals surface area contributed by atoms with E-state index < -0.39 is 5.54 Å². The molecule has 0 aliphatic rings. The average Bonchev–Trinajstić information content (AvgIpc) is 2.32. The molecule has 0 aliphatic carbocycles. The fraction of sp³-hybridized carbons (Fsp3) is 0.571. The van der Waals surface area contributed by atoms with Crippen LogP contribution in [0.25, 0.3) is 0 Å². The highest BCUT2D eigenvalue weighted by Crippen LogP contribution is 2.35. The van der Waals surface area contributed by atoms with Crippen molar-refractivity contribution in [2.45, 2.75) is 32.7 Å². The summed E-state index contributed by atoms with van der Waals surface area (Å²) >= 11 is 9.49. The molecule has 0 aromatic heterocycles. The van der Waals surface area contributed by atoms with Crippen LogP contribution in [0.2, 0.25) is 5.02 Å². The highest BCUT2D eigenvalue weighted by molar-refractivity contribution is 9.10. The van der Waals surface area contributed by atoms with E-state index in [2.05, 4.69) is 29.8 Å². The van der Waals surface area contributed by atoms with Crippen molar-refractivity contribution in [3.05, 3.63) is 33.3 Å². The number of rotatable bonds is 5. The third kappa shape index (κ3) is 3.27. The van der Waals surface area contributed by atoms with E-state index >= 15 is 0 Å². The van der Waals surface area contributed by atoms with Gasteiger partial charge in [0.2, 0.25) is 0 Å². The molecule has 0 saturated heterocycles. The van der Waals surface area contributed by atoms with E-state index in [0.29, 0.717) is 10.9 Å². The Hall–Kier alpha value is -0.0900. The molecule has 102 valence electrons. The second-order valence-corrected chi connectivity index (χ2v) is 6.35. The molecule has 0 saturated carbocycles. The van der Waals surface area contributed by atoms with Crippen molar-refractivity contribution in [3.8, 4) is 0 Å². The predicted octanol–water partition coefficient (Wildman–Crippen LogP) is 3.93. The first-order chi connectivity index (χ1) is 8.34. The first kappa shape index (κ1) is 16.0. The molecule has 4 heteroatoms. The summed E-state index contributed by atoms with van der Waals surface area (Å²) in [5, 5.41) is 10.3. The zero-order valence-corrected chi connectivity index (χ0v) is 13.4. The van der Waals surface area contributed by atoms with E-state index in [1.165, 1.54) is 0 Å². The van der Waals surface area contributed by atoms with Gasteiger partial charge in [-0.1, -0.05) is 37.9 Å². The van der Waals surface area contributed by atoms with Crippen molar-refractivity contribution in [2.75, 3.05) is 6.61 Å². The molecule has 3 atom stereocenters. The second kappa shape index (κ2) is 6.38. The van der Waals surface area contributed by atoms with Gasteiger partial charge in [-0.2, -0.15) is 0 Å². The summed E-state index contributed by atoms with van der Waals surface area (Å²) in [5.41, 5.74) is 6.82. The SMILES string of the molecule is CC[C@H](C)C(CO)C(C)(N)c1ccc(Br)c(Cl)c1. The van der Waals surface area contributed by atoms with Crippen molar-refractivity contribution in [2.24, 2.45) is 17.6 Å². The minimum atomic E-state index is -0.589. The molecule has 0 radical (unpaired) electrons. The van der Waals surface area contributed by atoms with E-state index in [-0.39, 0.29) is 12.5 Å². The van der Waals surface area contributed by atoms with Crippen LogP contribution in [0.15, 0.2) is 22.7 Å². The van der Waals surface area contributed by atoms with Gasteiger partial charge in [0, 0.05) is 22.5 Å². The molecule has 2 nitrogen and oxygen atoms in total. The summed E-state index contributed by atoms with van der Waals surface area (Å²) in [6, 6.07) is 5.73. The third-order valence-corrected chi connectivity index (χ3v) is 5.07. The summed E-state index contributed by atoms with van der Waals surface area (Å²) in [5.74, 6) is 0.368. The molecule has 0 spiro atoms. The molecule has 3 N–H and O–H groups in total. The van der Waals surface area contributed by atoms with E-state index in [1.54, 1.807) is 0 Å². The minimum Gasteiger partial charge on any atom is -0.396 e. The lowest BCUT2D eigenvalue weighted by Gasteiger charge is -2.37. The number of aliphatic hydroxyl groups is 1. The number of hydrogen-bond acceptors (Lipinski definition) is 2. The van der Waals surface area contributed by atoms with Crippen LogP contribution in [0.5, 0.6) is 0 Å². The molecule has 0 amide bonds. The Balaban J connectivity index is 3.13. The van der Waals surface area contributed by atoms with Gasteiger partial charge >= 0.3 is 0 Å². The van der Waals surface area contributed by atoms with Crippen molar-refractivity contribution in [1.29, 1.82) is 0 Å². The third-order valence-electron chi connectivity index (χ3n) is 3.84. The number of aliphatic hydroxyl groups excluding tert-OH is 1. The van der Waals surface area contributed by atoms with Crippen molar-refractivity contribution in [1.82, 2.24) is 0 Å². The first-order valence-electron chi connectivity index (χ1n) is 6.19. The fourth-order valence-electron chi connectivity index (χ4n) is 2.29. The van der Waals surface area contributed by atoms with Crippen molar-refractivity contribution < 1.29 is 5.11 Å². The minimum absolute atomic E-state index is 0.0137. The van der Waals surface area contributed by atoms with Crippen LogP contribution >= 0.6 is 27.5 Å². The molecule has 18 heavy (non-hydrogen) atoms. The first-order valence-corrected chi connectivity index (χ1v) is 7.36. The van der Waals surface area contributed by atoms with Gasteiger partial charge in [-0.3, -0.25) is 0 Å². The van der Waals surface area contributed by atoms with Crippen molar-refractivity contribution in [3.63, 3.8) is 0 Å². The molecule has 2 unspecified atom stereocenters. The number of hydrogen-bond donors (Lipinski definition) is 2. The van der Waals surface area contributed by atoms with Gasteiger partial charge < -0.3 is 10.8 Å². The Kier molecular flexibility index (Phi) is 5.66. The van der Waals surface area contributed by atoms with E-state index in [1.807, 2.05) is 25.1 Å². The average molecular weight is 335 g/mol. The summed E-state index contributed by atoms with van der Waals surface area (Å²) in [7, 11) is 0. The normalized spacial score (nSPS) is 18.2. The Labute approximate surface area is 123 Å². The van der Waals surface area contributed by atoms with Crippen LogP contribution in [0.3, 0.4) is 0 Å². The van der Waals surface area contributed by atoms with Crippen LogP contribution in [-0.2, 0) is 5.54 Å². The molecule has 0 heterocycles. The van der Waals surface area contributed by atoms with E-state index in [4.69, 9.17) is 17.3 Å². The van der Waals surface area contributed by atoms with Crippen LogP contribution in [-0.4, -0.2) is 11.7 Å². The standard InChI is InChI=1S/C14H21BrClNO/c1-4-9(2)11(8-18)14(3,17)10-5-6-12(15)13(16)7-10/h5-7,9,11,18H,4,8,17H2,1-3H3/t9-,11?,14?/m0/s1. The monoisotopic (exact) mass is 333 g/mol. The molecule has 1 aromatic rings. The van der Waals surface area contributed by atoms with Gasteiger partial charge in [0.1, 0.15) is 0 Å². The van der Waals surface area contributed by atoms with Crippen LogP contribution in [0.4, 0.5) is 0 Å². The van der Waals surface area contributed by atoms with Crippen LogP contribution in [0.1, 0.15) is 32.8 Å². The van der Waals surface area contributed by atoms with E-state index in [9.17, 15) is 5.11 Å². The van der Waals surface area contributed by atoms with Gasteiger partial charge in [0.25, 0.3) is 0 Å². The number of halogens is 2. The second-order valence-electron chi connectivity index (χ2n) is 5.09. The smallest absolute Gasteiger partial charge is 0.0551 e. The molecule has 1 aromatic carbocycles. The van der Waals surface area contributed by atoms with Gasteiger partial charge in [0.15, 0.2) is 0 Å². The molecule has 0 aliphatic heterocycles. The zero-order valence-electron chi connectivity index (χ0n) is 11.1. The summed E-state index contributed by atoms with van der Waals surface area (Å²) < 4.78 is 0.854. The molecular weight excluding hydrogens is 314 g/mol. The quantitative estimate of drug-likeness (QED) is 0.857. The van der Waals surface area contributed by atoms with Gasteiger partial charge in [0.05, 0.1) is 5.02 Å². The zero-order chi connectivity index (χ0) is 13.9. The lowest BCUT2D eigenvalue weighted by atomic mass is 9.73. The van der Waals surface area contributed by atoms with Gasteiger partial charge in [-0.05, 0) is 46.5 Å². The number of nitrogens with two attached hydrogens (primary N) is 1. The maximum Gasteiger partial charge on any atom is 0.0551 e.